The molecule has 0 atom stereocenters. The molecule has 0 unspecified atom stereocenters. The monoisotopic (exact) mass is 288 g/mol. The van der Waals surface area contributed by atoms with E-state index in [4.69, 9.17) is 0 Å². The van der Waals surface area contributed by atoms with Crippen LogP contribution in [0.15, 0.2) is 29.4 Å². The summed E-state index contributed by atoms with van der Waals surface area (Å²) in [6, 6.07) is 7.72. The normalized spacial score (nSPS) is 12.6. The molecule has 1 rings (SSSR count). The van der Waals surface area contributed by atoms with Gasteiger partial charge in [-0.1, -0.05) is 46.8 Å². The second-order valence-corrected chi connectivity index (χ2v) is 7.05. The SMILES string of the molecule is C/C(CCC(C)C)=N/NC(=O)c1ccc(C(C)(C)C)cc1. The van der Waals surface area contributed by atoms with Gasteiger partial charge in [0.25, 0.3) is 5.91 Å². The molecule has 0 aliphatic carbocycles. The highest BCUT2D eigenvalue weighted by Crippen LogP contribution is 2.22. The van der Waals surface area contributed by atoms with Gasteiger partial charge in [0.1, 0.15) is 0 Å². The zero-order valence-corrected chi connectivity index (χ0v) is 14.2. The Balaban J connectivity index is 2.62. The summed E-state index contributed by atoms with van der Waals surface area (Å²) >= 11 is 0. The standard InChI is InChI=1S/C18H28N2O/c1-13(2)7-8-14(3)19-20-17(21)15-9-11-16(12-10-15)18(4,5)6/h9-13H,7-8H2,1-6H3,(H,20,21)/b19-14-. The van der Waals surface area contributed by atoms with Crippen molar-refractivity contribution >= 4 is 11.6 Å². The maximum absolute atomic E-state index is 12.0. The summed E-state index contributed by atoms with van der Waals surface area (Å²) < 4.78 is 0. The molecule has 0 saturated heterocycles. The third-order valence-corrected chi connectivity index (χ3v) is 3.44. The number of hydrogen-bond acceptors (Lipinski definition) is 2. The average Bonchev–Trinajstić information content (AvgIpc) is 2.41. The van der Waals surface area contributed by atoms with Crippen LogP contribution in [-0.4, -0.2) is 11.6 Å². The predicted octanol–water partition coefficient (Wildman–Crippen LogP) is 4.53. The lowest BCUT2D eigenvalue weighted by Gasteiger charge is -2.18. The Bertz CT molecular complexity index is 493. The molecule has 0 aliphatic rings. The summed E-state index contributed by atoms with van der Waals surface area (Å²) in [7, 11) is 0. The van der Waals surface area contributed by atoms with E-state index in [1.54, 1.807) is 0 Å². The number of carbonyl (C=O) groups excluding carboxylic acids is 1. The minimum atomic E-state index is -0.153. The third kappa shape index (κ3) is 6.11. The van der Waals surface area contributed by atoms with Crippen LogP contribution in [0.25, 0.3) is 0 Å². The molecule has 116 valence electrons. The van der Waals surface area contributed by atoms with E-state index in [0.717, 1.165) is 18.6 Å². The molecule has 1 amide bonds. The van der Waals surface area contributed by atoms with Crippen LogP contribution in [0.1, 0.15) is 70.3 Å². The van der Waals surface area contributed by atoms with E-state index in [0.29, 0.717) is 11.5 Å². The highest BCUT2D eigenvalue weighted by Gasteiger charge is 2.14. The molecule has 0 fully saturated rings. The number of hydrogen-bond donors (Lipinski definition) is 1. The van der Waals surface area contributed by atoms with E-state index in [1.807, 2.05) is 31.2 Å². The quantitative estimate of drug-likeness (QED) is 0.628. The number of nitrogens with one attached hydrogen (secondary N) is 1. The maximum Gasteiger partial charge on any atom is 0.271 e. The second-order valence-electron chi connectivity index (χ2n) is 7.05. The number of nitrogens with zero attached hydrogens (tertiary/aromatic N) is 1. The van der Waals surface area contributed by atoms with Gasteiger partial charge in [-0.2, -0.15) is 5.10 Å². The molecule has 0 saturated carbocycles. The van der Waals surface area contributed by atoms with Gasteiger partial charge in [0, 0.05) is 11.3 Å². The number of carbonyl (C=O) groups is 1. The first kappa shape index (κ1) is 17.4. The van der Waals surface area contributed by atoms with Crippen LogP contribution in [0.5, 0.6) is 0 Å². The first-order valence-electron chi connectivity index (χ1n) is 7.64. The minimum absolute atomic E-state index is 0.0978. The molecular formula is C18H28N2O. The first-order chi connectivity index (χ1) is 9.70. The largest absolute Gasteiger partial charge is 0.271 e. The fraction of sp³-hybridized carbons (Fsp3) is 0.556. The van der Waals surface area contributed by atoms with Gasteiger partial charge in [-0.25, -0.2) is 5.43 Å². The van der Waals surface area contributed by atoms with Crippen molar-refractivity contribution in [3.63, 3.8) is 0 Å². The molecule has 1 aromatic carbocycles. The minimum Gasteiger partial charge on any atom is -0.267 e. The molecule has 21 heavy (non-hydrogen) atoms. The lowest BCUT2D eigenvalue weighted by molar-refractivity contribution is 0.0954. The molecular weight excluding hydrogens is 260 g/mol. The van der Waals surface area contributed by atoms with Crippen LogP contribution >= 0.6 is 0 Å². The highest BCUT2D eigenvalue weighted by atomic mass is 16.2. The molecule has 1 N–H and O–H groups in total. The Morgan fingerprint density at radius 3 is 2.24 bits per heavy atom. The Kier molecular flexibility index (Phi) is 6.13. The number of amides is 1. The Labute approximate surface area is 128 Å². The van der Waals surface area contributed by atoms with E-state index in [2.05, 4.69) is 45.1 Å². The molecule has 0 heterocycles. The lowest BCUT2D eigenvalue weighted by Crippen LogP contribution is -2.19. The molecule has 0 aliphatic heterocycles. The number of rotatable bonds is 5. The smallest absolute Gasteiger partial charge is 0.267 e. The van der Waals surface area contributed by atoms with Crippen molar-refractivity contribution in [2.45, 2.75) is 59.8 Å². The van der Waals surface area contributed by atoms with Crippen molar-refractivity contribution in [1.29, 1.82) is 0 Å². The fourth-order valence-corrected chi connectivity index (χ4v) is 1.89. The number of hydrazone groups is 1. The highest BCUT2D eigenvalue weighted by molar-refractivity contribution is 5.95. The van der Waals surface area contributed by atoms with Crippen LogP contribution in [-0.2, 0) is 5.41 Å². The molecule has 0 bridgehead atoms. The van der Waals surface area contributed by atoms with Crippen LogP contribution in [0.2, 0.25) is 0 Å². The van der Waals surface area contributed by atoms with Crippen molar-refractivity contribution in [1.82, 2.24) is 5.43 Å². The van der Waals surface area contributed by atoms with E-state index in [9.17, 15) is 4.79 Å². The second kappa shape index (κ2) is 7.39. The van der Waals surface area contributed by atoms with E-state index >= 15 is 0 Å². The van der Waals surface area contributed by atoms with Gasteiger partial charge >= 0.3 is 0 Å². The van der Waals surface area contributed by atoms with Crippen LogP contribution in [0.4, 0.5) is 0 Å². The molecule has 0 spiro atoms. The lowest BCUT2D eigenvalue weighted by atomic mass is 9.87. The fourth-order valence-electron chi connectivity index (χ4n) is 1.89. The molecule has 3 nitrogen and oxygen atoms in total. The average molecular weight is 288 g/mol. The van der Waals surface area contributed by atoms with Crippen LogP contribution < -0.4 is 5.43 Å². The zero-order valence-electron chi connectivity index (χ0n) is 14.2. The number of benzene rings is 1. The van der Waals surface area contributed by atoms with Gasteiger partial charge in [0.15, 0.2) is 0 Å². The van der Waals surface area contributed by atoms with E-state index in [1.165, 1.54) is 5.56 Å². The Hall–Kier alpha value is -1.64. The van der Waals surface area contributed by atoms with Crippen LogP contribution in [0.3, 0.4) is 0 Å². The summed E-state index contributed by atoms with van der Waals surface area (Å²) in [6.07, 6.45) is 2.01. The van der Waals surface area contributed by atoms with Gasteiger partial charge in [-0.15, -0.1) is 0 Å². The summed E-state index contributed by atoms with van der Waals surface area (Å²) in [4.78, 5) is 12.0. The van der Waals surface area contributed by atoms with Gasteiger partial charge in [0.2, 0.25) is 0 Å². The zero-order chi connectivity index (χ0) is 16.0. The maximum atomic E-state index is 12.0. The molecule has 1 aromatic rings. The van der Waals surface area contributed by atoms with Gasteiger partial charge in [-0.3, -0.25) is 4.79 Å². The molecule has 3 heteroatoms. The topological polar surface area (TPSA) is 41.5 Å². The third-order valence-electron chi connectivity index (χ3n) is 3.44. The van der Waals surface area contributed by atoms with Crippen molar-refractivity contribution in [2.24, 2.45) is 11.0 Å². The van der Waals surface area contributed by atoms with Gasteiger partial charge in [-0.05, 0) is 48.8 Å². The van der Waals surface area contributed by atoms with Crippen molar-refractivity contribution in [3.8, 4) is 0 Å². The summed E-state index contributed by atoms with van der Waals surface area (Å²) in [5, 5.41) is 4.16. The first-order valence-corrected chi connectivity index (χ1v) is 7.64. The molecule has 0 aromatic heterocycles. The van der Waals surface area contributed by atoms with E-state index < -0.39 is 0 Å². The summed E-state index contributed by atoms with van der Waals surface area (Å²) in [5.74, 6) is 0.496. The Morgan fingerprint density at radius 2 is 1.76 bits per heavy atom. The summed E-state index contributed by atoms with van der Waals surface area (Å²) in [5.41, 5.74) is 5.55. The van der Waals surface area contributed by atoms with Crippen LogP contribution in [0, 0.1) is 5.92 Å². The van der Waals surface area contributed by atoms with Crippen molar-refractivity contribution in [2.75, 3.05) is 0 Å². The molecule has 0 radical (unpaired) electrons. The van der Waals surface area contributed by atoms with Crippen molar-refractivity contribution < 1.29 is 4.79 Å². The summed E-state index contributed by atoms with van der Waals surface area (Å²) in [6.45, 7) is 12.8. The van der Waals surface area contributed by atoms with Gasteiger partial charge in [0.05, 0.1) is 0 Å². The van der Waals surface area contributed by atoms with E-state index in [-0.39, 0.29) is 11.3 Å². The Morgan fingerprint density at radius 1 is 1.19 bits per heavy atom. The van der Waals surface area contributed by atoms with Crippen molar-refractivity contribution in [3.05, 3.63) is 35.4 Å². The predicted molar refractivity (Wildman–Crippen MR) is 89.8 cm³/mol. The van der Waals surface area contributed by atoms with Gasteiger partial charge < -0.3 is 0 Å².